The van der Waals surface area contributed by atoms with E-state index in [0.717, 1.165) is 27.6 Å². The van der Waals surface area contributed by atoms with Crippen molar-refractivity contribution in [1.29, 1.82) is 5.26 Å². The van der Waals surface area contributed by atoms with Gasteiger partial charge in [-0.3, -0.25) is 0 Å². The van der Waals surface area contributed by atoms with E-state index >= 15 is 0 Å². The number of aromatic nitrogens is 5. The van der Waals surface area contributed by atoms with Crippen molar-refractivity contribution >= 4 is 39.9 Å². The van der Waals surface area contributed by atoms with Gasteiger partial charge in [0.15, 0.2) is 0 Å². The van der Waals surface area contributed by atoms with E-state index in [2.05, 4.69) is 26.6 Å². The number of tetrazole rings is 1. The van der Waals surface area contributed by atoms with E-state index < -0.39 is 5.92 Å². The summed E-state index contributed by atoms with van der Waals surface area (Å²) in [6, 6.07) is 22.9. The van der Waals surface area contributed by atoms with E-state index in [1.54, 1.807) is 16.6 Å². The van der Waals surface area contributed by atoms with Crippen LogP contribution in [0.5, 0.6) is 0 Å². The van der Waals surface area contributed by atoms with Crippen LogP contribution in [0.2, 0.25) is 10.0 Å². The maximum absolute atomic E-state index is 9.88. The van der Waals surface area contributed by atoms with Crippen LogP contribution in [0.3, 0.4) is 0 Å². The van der Waals surface area contributed by atoms with E-state index in [-0.39, 0.29) is 0 Å². The zero-order valence-electron chi connectivity index (χ0n) is 15.4. The van der Waals surface area contributed by atoms with Crippen LogP contribution in [0.25, 0.3) is 27.9 Å². The third-order valence-corrected chi connectivity index (χ3v) is 5.42. The lowest BCUT2D eigenvalue weighted by atomic mass is 9.91. The highest BCUT2D eigenvalue weighted by molar-refractivity contribution is 6.31. The molecular weight excluding hydrogens is 419 g/mol. The molecule has 1 atom stereocenters. The second kappa shape index (κ2) is 7.38. The molecule has 3 aromatic carbocycles. The van der Waals surface area contributed by atoms with Gasteiger partial charge in [-0.2, -0.15) is 9.78 Å². The molecule has 2 heterocycles. The minimum atomic E-state index is -0.455. The number of hydrogen-bond donors (Lipinski definition) is 0. The molecule has 30 heavy (non-hydrogen) atoms. The van der Waals surface area contributed by atoms with Crippen molar-refractivity contribution in [3.63, 3.8) is 0 Å². The van der Waals surface area contributed by atoms with Crippen molar-refractivity contribution in [3.8, 4) is 17.3 Å². The Bertz CT molecular complexity index is 1440. The summed E-state index contributed by atoms with van der Waals surface area (Å²) in [6.07, 6.45) is 0. The van der Waals surface area contributed by atoms with Crippen molar-refractivity contribution in [2.45, 2.75) is 5.92 Å². The lowest BCUT2D eigenvalue weighted by Gasteiger charge is -2.13. The Morgan fingerprint density at radius 1 is 0.900 bits per heavy atom. The summed E-state index contributed by atoms with van der Waals surface area (Å²) in [5, 5.41) is 23.7. The number of fused-ring (bicyclic) bond motifs is 3. The second-order valence-corrected chi connectivity index (χ2v) is 7.62. The van der Waals surface area contributed by atoms with Gasteiger partial charge in [0.1, 0.15) is 0 Å². The van der Waals surface area contributed by atoms with Gasteiger partial charge in [0.05, 0.1) is 23.2 Å². The second-order valence-electron chi connectivity index (χ2n) is 6.75. The van der Waals surface area contributed by atoms with E-state index in [1.165, 1.54) is 0 Å². The van der Waals surface area contributed by atoms with Gasteiger partial charge in [-0.25, -0.2) is 4.98 Å². The van der Waals surface area contributed by atoms with Gasteiger partial charge >= 0.3 is 0 Å². The Balaban J connectivity index is 1.77. The van der Waals surface area contributed by atoms with Crippen LogP contribution in [-0.4, -0.2) is 25.0 Å². The van der Waals surface area contributed by atoms with Crippen molar-refractivity contribution in [2.24, 2.45) is 0 Å². The predicted octanol–water partition coefficient (Wildman–Crippen LogP) is 5.30. The molecule has 0 radical (unpaired) electrons. The smallest absolute Gasteiger partial charge is 0.209 e. The van der Waals surface area contributed by atoms with E-state index in [0.29, 0.717) is 21.5 Å². The quantitative estimate of drug-likeness (QED) is 0.387. The third-order valence-electron chi connectivity index (χ3n) is 4.93. The summed E-state index contributed by atoms with van der Waals surface area (Å²) in [7, 11) is 0. The van der Waals surface area contributed by atoms with E-state index in [9.17, 15) is 5.26 Å². The monoisotopic (exact) mass is 430 g/mol. The normalized spacial score (nSPS) is 12.2. The Morgan fingerprint density at radius 2 is 1.70 bits per heavy atom. The van der Waals surface area contributed by atoms with Crippen LogP contribution in [0.4, 0.5) is 0 Å². The van der Waals surface area contributed by atoms with Crippen LogP contribution < -0.4 is 0 Å². The lowest BCUT2D eigenvalue weighted by Crippen LogP contribution is -2.01. The summed E-state index contributed by atoms with van der Waals surface area (Å²) in [6.45, 7) is 0. The Morgan fingerprint density at radius 3 is 2.47 bits per heavy atom. The first-order valence-corrected chi connectivity index (χ1v) is 9.82. The highest BCUT2D eigenvalue weighted by atomic mass is 35.5. The molecule has 8 heteroatoms. The van der Waals surface area contributed by atoms with Crippen LogP contribution >= 0.6 is 23.2 Å². The minimum absolute atomic E-state index is 0.389. The fourth-order valence-electron chi connectivity index (χ4n) is 3.53. The molecule has 1 unspecified atom stereocenters. The van der Waals surface area contributed by atoms with Gasteiger partial charge in [-0.15, -0.1) is 0 Å². The number of hydrogen-bond acceptors (Lipinski definition) is 5. The molecule has 0 fully saturated rings. The maximum atomic E-state index is 9.88. The van der Waals surface area contributed by atoms with E-state index in [1.807, 2.05) is 54.6 Å². The first-order chi connectivity index (χ1) is 14.6. The molecule has 2 aromatic heterocycles. The molecule has 0 saturated carbocycles. The Hall–Kier alpha value is -3.53. The van der Waals surface area contributed by atoms with Gasteiger partial charge in [-0.1, -0.05) is 58.6 Å². The largest absolute Gasteiger partial charge is 0.274 e. The molecule has 0 N–H and O–H groups in total. The van der Waals surface area contributed by atoms with Gasteiger partial charge in [0, 0.05) is 21.0 Å². The number of nitriles is 1. The molecule has 0 bridgehead atoms. The van der Waals surface area contributed by atoms with Crippen molar-refractivity contribution < 1.29 is 0 Å². The molecule has 0 aliphatic rings. The van der Waals surface area contributed by atoms with Crippen LogP contribution in [0.15, 0.2) is 66.7 Å². The summed E-state index contributed by atoms with van der Waals surface area (Å²) in [5.74, 6) is -0.0665. The highest BCUT2D eigenvalue weighted by Gasteiger charge is 2.18. The highest BCUT2D eigenvalue weighted by Crippen LogP contribution is 2.33. The molecule has 6 nitrogen and oxygen atoms in total. The Labute approximate surface area is 181 Å². The third kappa shape index (κ3) is 3.14. The van der Waals surface area contributed by atoms with Crippen LogP contribution in [0.1, 0.15) is 17.0 Å². The average molecular weight is 431 g/mol. The van der Waals surface area contributed by atoms with Crippen LogP contribution in [-0.2, 0) is 0 Å². The summed E-state index contributed by atoms with van der Waals surface area (Å²) < 4.78 is 1.58. The predicted molar refractivity (Wildman–Crippen MR) is 115 cm³/mol. The maximum Gasteiger partial charge on any atom is 0.274 e. The van der Waals surface area contributed by atoms with Crippen molar-refractivity contribution in [2.75, 3.05) is 0 Å². The number of halogens is 2. The molecule has 0 spiro atoms. The van der Waals surface area contributed by atoms with Crippen LogP contribution in [0, 0.1) is 11.3 Å². The molecule has 0 amide bonds. The lowest BCUT2D eigenvalue weighted by molar-refractivity contribution is 0.840. The van der Waals surface area contributed by atoms with Gasteiger partial charge in [-0.05, 0) is 58.0 Å². The molecule has 0 saturated heterocycles. The van der Waals surface area contributed by atoms with Gasteiger partial charge in [0.25, 0.3) is 5.78 Å². The molecule has 144 valence electrons. The van der Waals surface area contributed by atoms with E-state index in [4.69, 9.17) is 23.2 Å². The first kappa shape index (κ1) is 18.5. The molecule has 0 aliphatic heterocycles. The number of rotatable bonds is 3. The standard InChI is InChI=1S/C22H12Cl2N6/c23-16-7-4-13(5-8-16)19(12-25)14-6-9-20-18(11-14)21(15-2-1-3-17(24)10-15)26-22-27-28-29-30(20)22/h1-11,19H. The number of benzene rings is 3. The minimum Gasteiger partial charge on any atom is -0.209 e. The fourth-order valence-corrected chi connectivity index (χ4v) is 3.84. The van der Waals surface area contributed by atoms with Crippen molar-refractivity contribution in [1.82, 2.24) is 25.0 Å². The summed E-state index contributed by atoms with van der Waals surface area (Å²) in [5.41, 5.74) is 4.03. The summed E-state index contributed by atoms with van der Waals surface area (Å²) in [4.78, 5) is 4.65. The SMILES string of the molecule is N#CC(c1ccc(Cl)cc1)c1ccc2c(c1)c(-c1cccc(Cl)c1)nc1nnnn12. The zero-order valence-corrected chi connectivity index (χ0v) is 16.9. The van der Waals surface area contributed by atoms with Gasteiger partial charge < -0.3 is 0 Å². The molecule has 0 aliphatic carbocycles. The summed E-state index contributed by atoms with van der Waals surface area (Å²) >= 11 is 12.2. The molecule has 5 rings (SSSR count). The number of nitrogens with zero attached hydrogens (tertiary/aromatic N) is 6. The molecule has 5 aromatic rings. The topological polar surface area (TPSA) is 79.8 Å². The fraction of sp³-hybridized carbons (Fsp3) is 0.0455. The van der Waals surface area contributed by atoms with Crippen molar-refractivity contribution in [3.05, 3.63) is 87.9 Å². The Kier molecular flexibility index (Phi) is 4.55. The first-order valence-electron chi connectivity index (χ1n) is 9.07. The average Bonchev–Trinajstić information content (AvgIpc) is 3.24. The van der Waals surface area contributed by atoms with Gasteiger partial charge in [0.2, 0.25) is 0 Å². The zero-order chi connectivity index (χ0) is 20.7. The molecular formula is C22H12Cl2N6.